The number of nitrogen functional groups attached to an aromatic ring is 1. The standard InChI is InChI=1S/C14H17FN4O/c1-9(13(20)18-6-2-3-7-18)19-12-8-10(15)4-5-11(12)17-14(19)16/h4-5,8-9H,2-3,6-7H2,1H3,(H2,16,17). The predicted octanol–water partition coefficient (Wildman–Crippen LogP) is 1.94. The van der Waals surface area contributed by atoms with E-state index in [2.05, 4.69) is 4.98 Å². The van der Waals surface area contributed by atoms with Crippen molar-refractivity contribution in [3.63, 3.8) is 0 Å². The van der Waals surface area contributed by atoms with Gasteiger partial charge < -0.3 is 10.6 Å². The van der Waals surface area contributed by atoms with Crippen molar-refractivity contribution in [1.82, 2.24) is 14.5 Å². The van der Waals surface area contributed by atoms with Gasteiger partial charge in [0, 0.05) is 13.1 Å². The van der Waals surface area contributed by atoms with E-state index in [1.54, 1.807) is 17.6 Å². The van der Waals surface area contributed by atoms with Crippen molar-refractivity contribution < 1.29 is 9.18 Å². The molecule has 0 spiro atoms. The normalized spacial score (nSPS) is 16.8. The molecule has 1 atom stereocenters. The molecule has 1 aromatic carbocycles. The van der Waals surface area contributed by atoms with Gasteiger partial charge in [0.05, 0.1) is 11.0 Å². The van der Waals surface area contributed by atoms with Gasteiger partial charge >= 0.3 is 0 Å². The van der Waals surface area contributed by atoms with Gasteiger partial charge in [0.25, 0.3) is 0 Å². The van der Waals surface area contributed by atoms with Crippen LogP contribution < -0.4 is 5.73 Å². The number of halogens is 1. The Morgan fingerprint density at radius 3 is 2.80 bits per heavy atom. The first-order valence-electron chi connectivity index (χ1n) is 6.79. The molecule has 2 aromatic rings. The number of imidazole rings is 1. The van der Waals surface area contributed by atoms with Gasteiger partial charge in [-0.3, -0.25) is 9.36 Å². The topological polar surface area (TPSA) is 64.2 Å². The Morgan fingerprint density at radius 2 is 2.10 bits per heavy atom. The van der Waals surface area contributed by atoms with Crippen LogP contribution >= 0.6 is 0 Å². The lowest BCUT2D eigenvalue weighted by Crippen LogP contribution is -2.34. The van der Waals surface area contributed by atoms with Crippen LogP contribution in [0.5, 0.6) is 0 Å². The lowest BCUT2D eigenvalue weighted by Gasteiger charge is -2.22. The van der Waals surface area contributed by atoms with Crippen molar-refractivity contribution in [2.24, 2.45) is 0 Å². The first-order chi connectivity index (χ1) is 9.58. The van der Waals surface area contributed by atoms with Gasteiger partial charge in [-0.05, 0) is 38.0 Å². The Kier molecular flexibility index (Phi) is 3.08. The number of carbonyl (C=O) groups is 1. The first-order valence-corrected chi connectivity index (χ1v) is 6.79. The smallest absolute Gasteiger partial charge is 0.245 e. The van der Waals surface area contributed by atoms with E-state index in [1.807, 2.05) is 4.90 Å². The number of carbonyl (C=O) groups excluding carboxylic acids is 1. The van der Waals surface area contributed by atoms with E-state index in [4.69, 9.17) is 5.73 Å². The second-order valence-corrected chi connectivity index (χ2v) is 5.18. The number of benzene rings is 1. The number of nitrogens with zero attached hydrogens (tertiary/aromatic N) is 3. The fraction of sp³-hybridized carbons (Fsp3) is 0.429. The summed E-state index contributed by atoms with van der Waals surface area (Å²) >= 11 is 0. The maximum Gasteiger partial charge on any atom is 0.245 e. The van der Waals surface area contributed by atoms with Gasteiger partial charge in [-0.25, -0.2) is 9.37 Å². The van der Waals surface area contributed by atoms with E-state index in [1.165, 1.54) is 12.1 Å². The summed E-state index contributed by atoms with van der Waals surface area (Å²) in [5.74, 6) is -0.108. The van der Waals surface area contributed by atoms with Crippen molar-refractivity contribution in [3.05, 3.63) is 24.0 Å². The summed E-state index contributed by atoms with van der Waals surface area (Å²) in [6, 6.07) is 3.81. The molecule has 3 rings (SSSR count). The highest BCUT2D eigenvalue weighted by Crippen LogP contribution is 2.25. The van der Waals surface area contributed by atoms with E-state index < -0.39 is 6.04 Å². The molecule has 5 nitrogen and oxygen atoms in total. The van der Waals surface area contributed by atoms with Crippen molar-refractivity contribution >= 4 is 22.9 Å². The van der Waals surface area contributed by atoms with Crippen LogP contribution in [0.1, 0.15) is 25.8 Å². The monoisotopic (exact) mass is 276 g/mol. The number of nitrogens with two attached hydrogens (primary N) is 1. The Morgan fingerprint density at radius 1 is 1.40 bits per heavy atom. The molecular weight excluding hydrogens is 259 g/mol. The Bertz CT molecular complexity index is 660. The van der Waals surface area contributed by atoms with Crippen molar-refractivity contribution in [2.75, 3.05) is 18.8 Å². The average molecular weight is 276 g/mol. The number of rotatable bonds is 2. The number of hydrogen-bond acceptors (Lipinski definition) is 3. The largest absolute Gasteiger partial charge is 0.369 e. The zero-order valence-corrected chi connectivity index (χ0v) is 11.3. The quantitative estimate of drug-likeness (QED) is 0.911. The van der Waals surface area contributed by atoms with Crippen LogP contribution in [0.15, 0.2) is 18.2 Å². The zero-order valence-electron chi connectivity index (χ0n) is 11.3. The SMILES string of the molecule is CC(C(=O)N1CCCC1)n1c(N)nc2ccc(F)cc21. The molecule has 20 heavy (non-hydrogen) atoms. The van der Waals surface area contributed by atoms with Crippen LogP contribution in [0.3, 0.4) is 0 Å². The lowest BCUT2D eigenvalue weighted by atomic mass is 10.2. The van der Waals surface area contributed by atoms with E-state index in [9.17, 15) is 9.18 Å². The Hall–Kier alpha value is -2.11. The molecule has 1 saturated heterocycles. The maximum atomic E-state index is 13.4. The zero-order chi connectivity index (χ0) is 14.3. The van der Waals surface area contributed by atoms with Gasteiger partial charge in [-0.2, -0.15) is 0 Å². The van der Waals surface area contributed by atoms with Crippen LogP contribution in [0, 0.1) is 5.82 Å². The number of fused-ring (bicyclic) bond motifs is 1. The second-order valence-electron chi connectivity index (χ2n) is 5.18. The molecule has 2 heterocycles. The van der Waals surface area contributed by atoms with Gasteiger partial charge in [0.15, 0.2) is 0 Å². The fourth-order valence-corrected chi connectivity index (χ4v) is 2.80. The number of amides is 1. The summed E-state index contributed by atoms with van der Waals surface area (Å²) < 4.78 is 15.0. The summed E-state index contributed by atoms with van der Waals surface area (Å²) in [7, 11) is 0. The van der Waals surface area contributed by atoms with Crippen LogP contribution in [-0.2, 0) is 4.79 Å². The highest BCUT2D eigenvalue weighted by molar-refractivity contribution is 5.85. The molecule has 2 N–H and O–H groups in total. The van der Waals surface area contributed by atoms with Crippen LogP contribution in [-0.4, -0.2) is 33.4 Å². The first kappa shape index (κ1) is 12.9. The molecule has 106 valence electrons. The molecule has 0 saturated carbocycles. The number of likely N-dealkylation sites (tertiary alicyclic amines) is 1. The predicted molar refractivity (Wildman–Crippen MR) is 74.6 cm³/mol. The molecule has 1 fully saturated rings. The maximum absolute atomic E-state index is 13.4. The van der Waals surface area contributed by atoms with Crippen LogP contribution in [0.4, 0.5) is 10.3 Å². The van der Waals surface area contributed by atoms with Gasteiger partial charge in [0.1, 0.15) is 11.9 Å². The molecule has 1 aromatic heterocycles. The van der Waals surface area contributed by atoms with E-state index in [0.717, 1.165) is 25.9 Å². The Balaban J connectivity index is 2.02. The third-order valence-corrected chi connectivity index (χ3v) is 3.84. The minimum absolute atomic E-state index is 0.0118. The Labute approximate surface area is 116 Å². The number of anilines is 1. The summed E-state index contributed by atoms with van der Waals surface area (Å²) in [6.07, 6.45) is 2.07. The number of hydrogen-bond donors (Lipinski definition) is 1. The molecule has 1 aliphatic heterocycles. The average Bonchev–Trinajstić information content (AvgIpc) is 3.04. The lowest BCUT2D eigenvalue weighted by molar-refractivity contribution is -0.133. The molecular formula is C14H17FN4O. The summed E-state index contributed by atoms with van der Waals surface area (Å²) in [6.45, 7) is 3.34. The minimum atomic E-state index is -0.472. The number of aromatic nitrogens is 2. The summed E-state index contributed by atoms with van der Waals surface area (Å²) in [4.78, 5) is 18.5. The van der Waals surface area contributed by atoms with Crippen LogP contribution in [0.25, 0.3) is 11.0 Å². The van der Waals surface area contributed by atoms with Gasteiger partial charge in [0.2, 0.25) is 11.9 Å². The molecule has 0 aliphatic carbocycles. The third-order valence-electron chi connectivity index (χ3n) is 3.84. The van der Waals surface area contributed by atoms with E-state index in [-0.39, 0.29) is 17.7 Å². The van der Waals surface area contributed by atoms with Crippen LogP contribution in [0.2, 0.25) is 0 Å². The second kappa shape index (κ2) is 4.77. The van der Waals surface area contributed by atoms with Crippen molar-refractivity contribution in [3.8, 4) is 0 Å². The minimum Gasteiger partial charge on any atom is -0.369 e. The summed E-state index contributed by atoms with van der Waals surface area (Å²) in [5.41, 5.74) is 7.06. The molecule has 1 aliphatic rings. The molecule has 1 unspecified atom stereocenters. The van der Waals surface area contributed by atoms with Crippen molar-refractivity contribution in [2.45, 2.75) is 25.8 Å². The van der Waals surface area contributed by atoms with E-state index in [0.29, 0.717) is 11.0 Å². The fourth-order valence-electron chi connectivity index (χ4n) is 2.80. The van der Waals surface area contributed by atoms with Gasteiger partial charge in [-0.1, -0.05) is 0 Å². The third kappa shape index (κ3) is 2.01. The van der Waals surface area contributed by atoms with E-state index >= 15 is 0 Å². The van der Waals surface area contributed by atoms with Gasteiger partial charge in [-0.15, -0.1) is 0 Å². The highest BCUT2D eigenvalue weighted by atomic mass is 19.1. The highest BCUT2D eigenvalue weighted by Gasteiger charge is 2.26. The summed E-state index contributed by atoms with van der Waals surface area (Å²) in [5, 5.41) is 0. The molecule has 1 amide bonds. The molecule has 0 radical (unpaired) electrons. The molecule has 0 bridgehead atoms. The van der Waals surface area contributed by atoms with Crippen molar-refractivity contribution in [1.29, 1.82) is 0 Å². The molecule has 6 heteroatoms.